The van der Waals surface area contributed by atoms with Crippen molar-refractivity contribution in [3.05, 3.63) is 35.9 Å². The summed E-state index contributed by atoms with van der Waals surface area (Å²) in [5.41, 5.74) is 4.03. The Labute approximate surface area is 112 Å². The lowest BCUT2D eigenvalue weighted by atomic mass is 9.87. The second-order valence-corrected chi connectivity index (χ2v) is 5.41. The molecule has 1 aromatic carbocycles. The maximum Gasteiger partial charge on any atom is 0.331 e. The average molecular weight is 265 g/mol. The molecule has 0 aliphatic carbocycles. The fourth-order valence-electron chi connectivity index (χ4n) is 1.64. The SMILES string of the molecule is CC(C)(C)OC(=O)[C@](N)(CC(=O)O)c1ccccc1. The van der Waals surface area contributed by atoms with Crippen molar-refractivity contribution >= 4 is 11.9 Å². The molecule has 0 spiro atoms. The van der Waals surface area contributed by atoms with E-state index in [1.807, 2.05) is 0 Å². The molecule has 1 aromatic rings. The van der Waals surface area contributed by atoms with Crippen molar-refractivity contribution in [3.8, 4) is 0 Å². The van der Waals surface area contributed by atoms with Gasteiger partial charge in [-0.1, -0.05) is 30.3 Å². The molecule has 0 aromatic heterocycles. The quantitative estimate of drug-likeness (QED) is 0.808. The molecule has 0 bridgehead atoms. The van der Waals surface area contributed by atoms with E-state index in [4.69, 9.17) is 15.6 Å². The number of benzene rings is 1. The van der Waals surface area contributed by atoms with Crippen LogP contribution in [0.4, 0.5) is 0 Å². The molecule has 5 nitrogen and oxygen atoms in total. The molecule has 3 N–H and O–H groups in total. The monoisotopic (exact) mass is 265 g/mol. The molecule has 5 heteroatoms. The van der Waals surface area contributed by atoms with Crippen molar-refractivity contribution in [1.82, 2.24) is 0 Å². The Bertz CT molecular complexity index is 464. The van der Waals surface area contributed by atoms with Crippen LogP contribution >= 0.6 is 0 Å². The van der Waals surface area contributed by atoms with Gasteiger partial charge in [0.2, 0.25) is 0 Å². The Morgan fingerprint density at radius 3 is 2.16 bits per heavy atom. The zero-order valence-corrected chi connectivity index (χ0v) is 11.3. The summed E-state index contributed by atoms with van der Waals surface area (Å²) in [6.45, 7) is 5.12. The molecular formula is C14H19NO4. The number of esters is 1. The minimum atomic E-state index is -1.68. The van der Waals surface area contributed by atoms with Crippen LogP contribution in [-0.4, -0.2) is 22.6 Å². The summed E-state index contributed by atoms with van der Waals surface area (Å²) < 4.78 is 5.23. The van der Waals surface area contributed by atoms with Crippen LogP contribution in [0, 0.1) is 0 Å². The largest absolute Gasteiger partial charge is 0.481 e. The third-order valence-corrected chi connectivity index (χ3v) is 2.48. The van der Waals surface area contributed by atoms with Crippen LogP contribution < -0.4 is 5.73 Å². The predicted molar refractivity (Wildman–Crippen MR) is 70.4 cm³/mol. The van der Waals surface area contributed by atoms with Gasteiger partial charge in [0, 0.05) is 0 Å². The van der Waals surface area contributed by atoms with E-state index in [1.54, 1.807) is 51.1 Å². The van der Waals surface area contributed by atoms with Crippen LogP contribution in [0.2, 0.25) is 0 Å². The predicted octanol–water partition coefficient (Wildman–Crippen LogP) is 1.66. The van der Waals surface area contributed by atoms with E-state index in [0.717, 1.165) is 0 Å². The Morgan fingerprint density at radius 2 is 1.74 bits per heavy atom. The number of nitrogens with two attached hydrogens (primary N) is 1. The highest BCUT2D eigenvalue weighted by Gasteiger charge is 2.41. The summed E-state index contributed by atoms with van der Waals surface area (Å²) in [4.78, 5) is 23.2. The lowest BCUT2D eigenvalue weighted by Crippen LogP contribution is -2.49. The highest BCUT2D eigenvalue weighted by molar-refractivity contribution is 5.87. The number of ether oxygens (including phenoxy) is 1. The van der Waals surface area contributed by atoms with E-state index >= 15 is 0 Å². The molecule has 19 heavy (non-hydrogen) atoms. The van der Waals surface area contributed by atoms with E-state index in [-0.39, 0.29) is 0 Å². The number of carbonyl (C=O) groups is 2. The molecular weight excluding hydrogens is 246 g/mol. The molecule has 0 aliphatic rings. The first-order valence-corrected chi connectivity index (χ1v) is 5.95. The van der Waals surface area contributed by atoms with Gasteiger partial charge >= 0.3 is 11.9 Å². The average Bonchev–Trinajstić information content (AvgIpc) is 2.26. The number of carboxylic acids is 1. The van der Waals surface area contributed by atoms with E-state index in [0.29, 0.717) is 5.56 Å². The summed E-state index contributed by atoms with van der Waals surface area (Å²) in [6.07, 6.45) is -0.522. The minimum Gasteiger partial charge on any atom is -0.481 e. The fraction of sp³-hybridized carbons (Fsp3) is 0.429. The second-order valence-electron chi connectivity index (χ2n) is 5.41. The van der Waals surface area contributed by atoms with Crippen molar-refractivity contribution < 1.29 is 19.4 Å². The van der Waals surface area contributed by atoms with Gasteiger partial charge in [-0.05, 0) is 26.3 Å². The van der Waals surface area contributed by atoms with Crippen molar-refractivity contribution in [1.29, 1.82) is 0 Å². The third-order valence-electron chi connectivity index (χ3n) is 2.48. The van der Waals surface area contributed by atoms with Crippen LogP contribution in [0.3, 0.4) is 0 Å². The van der Waals surface area contributed by atoms with Gasteiger partial charge in [-0.25, -0.2) is 4.79 Å². The number of hydrogen-bond donors (Lipinski definition) is 2. The van der Waals surface area contributed by atoms with Crippen LogP contribution in [-0.2, 0) is 19.9 Å². The first-order valence-electron chi connectivity index (χ1n) is 5.95. The third kappa shape index (κ3) is 4.06. The molecule has 0 heterocycles. The minimum absolute atomic E-state index is 0.423. The zero-order chi connectivity index (χ0) is 14.7. The molecule has 0 saturated carbocycles. The van der Waals surface area contributed by atoms with Gasteiger partial charge in [0.25, 0.3) is 0 Å². The van der Waals surface area contributed by atoms with Gasteiger partial charge in [-0.2, -0.15) is 0 Å². The Balaban J connectivity index is 3.14. The van der Waals surface area contributed by atoms with E-state index < -0.39 is 29.5 Å². The topological polar surface area (TPSA) is 89.6 Å². The van der Waals surface area contributed by atoms with Crippen LogP contribution in [0.1, 0.15) is 32.8 Å². The lowest BCUT2D eigenvalue weighted by Gasteiger charge is -2.30. The number of carbonyl (C=O) groups excluding carboxylic acids is 1. The van der Waals surface area contributed by atoms with Crippen molar-refractivity contribution in [3.63, 3.8) is 0 Å². The molecule has 0 aliphatic heterocycles. The smallest absolute Gasteiger partial charge is 0.331 e. The van der Waals surface area contributed by atoms with Crippen molar-refractivity contribution in [2.24, 2.45) is 5.73 Å². The first-order chi connectivity index (χ1) is 8.65. The molecule has 1 rings (SSSR count). The molecule has 0 amide bonds. The van der Waals surface area contributed by atoms with E-state index in [2.05, 4.69) is 0 Å². The van der Waals surface area contributed by atoms with E-state index in [1.165, 1.54) is 0 Å². The van der Waals surface area contributed by atoms with Crippen molar-refractivity contribution in [2.45, 2.75) is 38.3 Å². The van der Waals surface area contributed by atoms with Gasteiger partial charge < -0.3 is 15.6 Å². The number of carboxylic acid groups (broad SMARTS) is 1. The molecule has 0 unspecified atom stereocenters. The van der Waals surface area contributed by atoms with Gasteiger partial charge in [0.05, 0.1) is 6.42 Å². The van der Waals surface area contributed by atoms with Crippen molar-refractivity contribution in [2.75, 3.05) is 0 Å². The number of aliphatic carboxylic acids is 1. The molecule has 104 valence electrons. The normalized spacial score (nSPS) is 14.5. The molecule has 0 radical (unpaired) electrons. The fourth-order valence-corrected chi connectivity index (χ4v) is 1.64. The van der Waals surface area contributed by atoms with E-state index in [9.17, 15) is 9.59 Å². The Kier molecular flexibility index (Phi) is 4.32. The maximum absolute atomic E-state index is 12.2. The van der Waals surface area contributed by atoms with Gasteiger partial charge in [0.1, 0.15) is 5.60 Å². The summed E-state index contributed by atoms with van der Waals surface area (Å²) >= 11 is 0. The first kappa shape index (κ1) is 15.2. The maximum atomic E-state index is 12.2. The summed E-state index contributed by atoms with van der Waals surface area (Å²) in [5.74, 6) is -1.90. The zero-order valence-electron chi connectivity index (χ0n) is 11.3. The lowest BCUT2D eigenvalue weighted by molar-refractivity contribution is -0.165. The highest BCUT2D eigenvalue weighted by atomic mass is 16.6. The van der Waals surface area contributed by atoms with Crippen LogP contribution in [0.25, 0.3) is 0 Å². The standard InChI is InChI=1S/C14H19NO4/c1-13(2,3)19-12(18)14(15,9-11(16)17)10-7-5-4-6-8-10/h4-8H,9,15H2,1-3H3,(H,16,17)/t14-/m0/s1. The molecule has 0 fully saturated rings. The van der Waals surface area contributed by atoms with Gasteiger partial charge in [-0.3, -0.25) is 4.79 Å². The molecule has 1 atom stereocenters. The summed E-state index contributed by atoms with van der Waals surface area (Å²) in [6, 6.07) is 8.39. The Hall–Kier alpha value is -1.88. The van der Waals surface area contributed by atoms with Crippen LogP contribution in [0.5, 0.6) is 0 Å². The van der Waals surface area contributed by atoms with Gasteiger partial charge in [0.15, 0.2) is 5.54 Å². The number of hydrogen-bond acceptors (Lipinski definition) is 4. The summed E-state index contributed by atoms with van der Waals surface area (Å²) in [7, 11) is 0. The second kappa shape index (κ2) is 5.40. The number of rotatable bonds is 4. The molecule has 0 saturated heterocycles. The Morgan fingerprint density at radius 1 is 1.21 bits per heavy atom. The van der Waals surface area contributed by atoms with Gasteiger partial charge in [-0.15, -0.1) is 0 Å². The summed E-state index contributed by atoms with van der Waals surface area (Å²) in [5, 5.41) is 8.97. The van der Waals surface area contributed by atoms with Crippen LogP contribution in [0.15, 0.2) is 30.3 Å². The highest BCUT2D eigenvalue weighted by Crippen LogP contribution is 2.26.